The third-order valence-corrected chi connectivity index (χ3v) is 10.3. The number of benzene rings is 8. The zero-order chi connectivity index (χ0) is 32.1. The van der Waals surface area contributed by atoms with Gasteiger partial charge in [0.25, 0.3) is 0 Å². The molecule has 0 bridgehead atoms. The SMILES string of the molecule is c1ccc(-n2c3ccccc3c3ccc4c(c5ccccc5n4-c4cccc(-c5cccc6oc7cc8ccccc8cc7c56)c4)c32)cc1. The van der Waals surface area contributed by atoms with E-state index in [1.165, 1.54) is 59.9 Å². The molecule has 0 aliphatic rings. The molecule has 3 aromatic heterocycles. The highest BCUT2D eigenvalue weighted by Crippen LogP contribution is 2.43. The van der Waals surface area contributed by atoms with E-state index in [2.05, 4.69) is 179 Å². The molecule has 3 heterocycles. The molecule has 0 saturated heterocycles. The Kier molecular flexibility index (Phi) is 5.38. The molecule has 0 spiro atoms. The van der Waals surface area contributed by atoms with E-state index < -0.39 is 0 Å². The predicted molar refractivity (Wildman–Crippen MR) is 205 cm³/mol. The number of rotatable bonds is 3. The normalized spacial score (nSPS) is 12.1. The molecule has 0 radical (unpaired) electrons. The number of hydrogen-bond acceptors (Lipinski definition) is 1. The summed E-state index contributed by atoms with van der Waals surface area (Å²) in [5.41, 5.74) is 11.2. The van der Waals surface area contributed by atoms with Gasteiger partial charge in [-0.3, -0.25) is 0 Å². The highest BCUT2D eigenvalue weighted by atomic mass is 16.3. The van der Waals surface area contributed by atoms with Gasteiger partial charge in [0.1, 0.15) is 11.2 Å². The lowest BCUT2D eigenvalue weighted by molar-refractivity contribution is 0.669. The number of hydrogen-bond donors (Lipinski definition) is 0. The molecule has 0 unspecified atom stereocenters. The first-order chi connectivity index (χ1) is 24.3. The molecule has 0 saturated carbocycles. The minimum atomic E-state index is 0.904. The fourth-order valence-electron chi connectivity index (χ4n) is 8.20. The standard InChI is InChI=1S/C46H28N2O/c1-2-15-32(16-3-1)48-39-21-8-6-18-35(39)36-24-25-41-45(46(36)48)37-19-7-9-22-40(37)47(41)33-17-10-14-31(26-33)34-20-11-23-42-44(34)38-27-29-12-4-5-13-30(29)28-43(38)49-42/h1-28H. The van der Waals surface area contributed by atoms with Gasteiger partial charge in [0.2, 0.25) is 0 Å². The summed E-state index contributed by atoms with van der Waals surface area (Å²) in [5, 5.41) is 9.70. The van der Waals surface area contributed by atoms with E-state index in [0.29, 0.717) is 0 Å². The van der Waals surface area contributed by atoms with Crippen molar-refractivity contribution in [1.82, 2.24) is 9.13 Å². The Morgan fingerprint density at radius 1 is 0.367 bits per heavy atom. The second-order valence-electron chi connectivity index (χ2n) is 12.9. The second-order valence-corrected chi connectivity index (χ2v) is 12.9. The third-order valence-electron chi connectivity index (χ3n) is 10.3. The first-order valence-corrected chi connectivity index (χ1v) is 16.8. The lowest BCUT2D eigenvalue weighted by Crippen LogP contribution is -1.95. The first-order valence-electron chi connectivity index (χ1n) is 16.8. The zero-order valence-electron chi connectivity index (χ0n) is 26.5. The van der Waals surface area contributed by atoms with E-state index >= 15 is 0 Å². The fourth-order valence-corrected chi connectivity index (χ4v) is 8.20. The highest BCUT2D eigenvalue weighted by molar-refractivity contribution is 6.26. The lowest BCUT2D eigenvalue weighted by Gasteiger charge is -2.12. The van der Waals surface area contributed by atoms with Gasteiger partial charge in [-0.1, -0.05) is 109 Å². The van der Waals surface area contributed by atoms with E-state index in [4.69, 9.17) is 4.42 Å². The van der Waals surface area contributed by atoms with Crippen LogP contribution in [0, 0.1) is 0 Å². The number of aromatic nitrogens is 2. The minimum Gasteiger partial charge on any atom is -0.456 e. The topological polar surface area (TPSA) is 23.0 Å². The van der Waals surface area contributed by atoms with E-state index in [1.54, 1.807) is 0 Å². The largest absolute Gasteiger partial charge is 0.456 e. The summed E-state index contributed by atoms with van der Waals surface area (Å²) in [7, 11) is 0. The molecular formula is C46H28N2O. The van der Waals surface area contributed by atoms with Gasteiger partial charge in [-0.2, -0.15) is 0 Å². The average molecular weight is 625 g/mol. The van der Waals surface area contributed by atoms with Crippen molar-refractivity contribution >= 4 is 76.3 Å². The van der Waals surface area contributed by atoms with Crippen LogP contribution < -0.4 is 0 Å². The quantitative estimate of drug-likeness (QED) is 0.192. The Labute approximate surface area is 281 Å². The van der Waals surface area contributed by atoms with Crippen LogP contribution in [-0.4, -0.2) is 9.13 Å². The van der Waals surface area contributed by atoms with Crippen LogP contribution in [0.4, 0.5) is 0 Å². The molecule has 228 valence electrons. The molecule has 0 aliphatic heterocycles. The number of nitrogens with zero attached hydrogens (tertiary/aromatic N) is 2. The van der Waals surface area contributed by atoms with Gasteiger partial charge >= 0.3 is 0 Å². The lowest BCUT2D eigenvalue weighted by atomic mass is 9.98. The Balaban J connectivity index is 1.20. The van der Waals surface area contributed by atoms with Gasteiger partial charge in [0, 0.05) is 43.7 Å². The van der Waals surface area contributed by atoms with Crippen molar-refractivity contribution in [3.8, 4) is 22.5 Å². The van der Waals surface area contributed by atoms with Crippen molar-refractivity contribution < 1.29 is 4.42 Å². The van der Waals surface area contributed by atoms with Crippen molar-refractivity contribution in [3.63, 3.8) is 0 Å². The molecular weight excluding hydrogens is 597 g/mol. The summed E-state index contributed by atoms with van der Waals surface area (Å²) in [6.45, 7) is 0. The Morgan fingerprint density at radius 3 is 1.92 bits per heavy atom. The maximum absolute atomic E-state index is 6.45. The van der Waals surface area contributed by atoms with Crippen molar-refractivity contribution in [2.45, 2.75) is 0 Å². The van der Waals surface area contributed by atoms with Crippen LogP contribution in [0.15, 0.2) is 174 Å². The molecule has 0 atom stereocenters. The summed E-state index contributed by atoms with van der Waals surface area (Å²) in [5.74, 6) is 0. The number of para-hydroxylation sites is 3. The van der Waals surface area contributed by atoms with Gasteiger partial charge < -0.3 is 13.6 Å². The Morgan fingerprint density at radius 2 is 1.06 bits per heavy atom. The third kappa shape index (κ3) is 3.73. The van der Waals surface area contributed by atoms with Gasteiger partial charge in [-0.05, 0) is 82.6 Å². The Bertz CT molecular complexity index is 3100. The van der Waals surface area contributed by atoms with Crippen molar-refractivity contribution in [2.24, 2.45) is 0 Å². The summed E-state index contributed by atoms with van der Waals surface area (Å²) >= 11 is 0. The summed E-state index contributed by atoms with van der Waals surface area (Å²) in [4.78, 5) is 0. The summed E-state index contributed by atoms with van der Waals surface area (Å²) < 4.78 is 11.3. The summed E-state index contributed by atoms with van der Waals surface area (Å²) in [6.07, 6.45) is 0. The number of fused-ring (bicyclic) bond motifs is 11. The minimum absolute atomic E-state index is 0.904. The highest BCUT2D eigenvalue weighted by Gasteiger charge is 2.21. The first kappa shape index (κ1) is 26.5. The van der Waals surface area contributed by atoms with Gasteiger partial charge in [-0.25, -0.2) is 0 Å². The van der Waals surface area contributed by atoms with Gasteiger partial charge in [0.05, 0.1) is 22.1 Å². The molecule has 49 heavy (non-hydrogen) atoms. The number of furan rings is 1. The van der Waals surface area contributed by atoms with Crippen molar-refractivity contribution in [3.05, 3.63) is 170 Å². The summed E-state index contributed by atoms with van der Waals surface area (Å²) in [6, 6.07) is 61.2. The molecule has 8 aromatic carbocycles. The fraction of sp³-hybridized carbons (Fsp3) is 0. The van der Waals surface area contributed by atoms with Crippen LogP contribution in [0.5, 0.6) is 0 Å². The van der Waals surface area contributed by atoms with E-state index in [9.17, 15) is 0 Å². The second kappa shape index (κ2) is 9.96. The van der Waals surface area contributed by atoms with E-state index in [-0.39, 0.29) is 0 Å². The predicted octanol–water partition coefficient (Wildman–Crippen LogP) is 12.6. The molecule has 0 N–H and O–H groups in total. The molecule has 11 rings (SSSR count). The molecule has 3 nitrogen and oxygen atoms in total. The molecule has 0 aliphatic carbocycles. The van der Waals surface area contributed by atoms with Crippen molar-refractivity contribution in [2.75, 3.05) is 0 Å². The molecule has 11 aromatic rings. The van der Waals surface area contributed by atoms with Crippen molar-refractivity contribution in [1.29, 1.82) is 0 Å². The average Bonchev–Trinajstić information content (AvgIpc) is 3.81. The van der Waals surface area contributed by atoms with Gasteiger partial charge in [0.15, 0.2) is 0 Å². The van der Waals surface area contributed by atoms with Gasteiger partial charge in [-0.15, -0.1) is 0 Å². The zero-order valence-corrected chi connectivity index (χ0v) is 26.5. The smallest absolute Gasteiger partial charge is 0.136 e. The van der Waals surface area contributed by atoms with E-state index in [0.717, 1.165) is 38.9 Å². The van der Waals surface area contributed by atoms with Crippen LogP contribution in [-0.2, 0) is 0 Å². The Hall–Kier alpha value is -6.58. The van der Waals surface area contributed by atoms with Crippen LogP contribution in [0.3, 0.4) is 0 Å². The maximum Gasteiger partial charge on any atom is 0.136 e. The molecule has 0 amide bonds. The molecule has 3 heteroatoms. The maximum atomic E-state index is 6.45. The van der Waals surface area contributed by atoms with Crippen LogP contribution >= 0.6 is 0 Å². The van der Waals surface area contributed by atoms with E-state index in [1.807, 2.05) is 0 Å². The van der Waals surface area contributed by atoms with Crippen LogP contribution in [0.1, 0.15) is 0 Å². The van der Waals surface area contributed by atoms with Crippen LogP contribution in [0.2, 0.25) is 0 Å². The van der Waals surface area contributed by atoms with Crippen LogP contribution in [0.25, 0.3) is 98.8 Å². The molecule has 0 fully saturated rings. The monoisotopic (exact) mass is 624 g/mol.